The van der Waals surface area contributed by atoms with Gasteiger partial charge in [0.15, 0.2) is 0 Å². The van der Waals surface area contributed by atoms with Crippen LogP contribution in [0.2, 0.25) is 0 Å². The first-order chi connectivity index (χ1) is 8.97. The van der Waals surface area contributed by atoms with Crippen LogP contribution in [-0.2, 0) is 0 Å². The number of anilines is 1. The predicted octanol–water partition coefficient (Wildman–Crippen LogP) is 3.71. The number of aryl methyl sites for hydroxylation is 2. The van der Waals surface area contributed by atoms with Crippen molar-refractivity contribution in [3.05, 3.63) is 49.3 Å². The maximum Gasteiger partial charge on any atom is 0.257 e. The summed E-state index contributed by atoms with van der Waals surface area (Å²) in [7, 11) is 0. The zero-order chi connectivity index (χ0) is 14.0. The smallest absolute Gasteiger partial charge is 0.257 e. The van der Waals surface area contributed by atoms with Crippen LogP contribution in [0.4, 0.5) is 5.69 Å². The molecule has 0 fully saturated rings. The van der Waals surface area contributed by atoms with E-state index in [1.165, 1.54) is 0 Å². The standard InChI is InChI=1S/C13H11BrIN3O/c1-7-5-10(8(2)18-17-7)13(19)16-12-4-3-9(15)6-11(12)14/h3-6H,1-2H3,(H,16,19). The average Bonchev–Trinajstić information content (AvgIpc) is 2.35. The fourth-order valence-corrected chi connectivity index (χ4v) is 2.96. The predicted molar refractivity (Wildman–Crippen MR) is 86.3 cm³/mol. The summed E-state index contributed by atoms with van der Waals surface area (Å²) in [5, 5.41) is 10.7. The first-order valence-electron chi connectivity index (χ1n) is 5.54. The first kappa shape index (κ1) is 14.4. The second-order valence-corrected chi connectivity index (χ2v) is 6.16. The molecule has 2 rings (SSSR count). The summed E-state index contributed by atoms with van der Waals surface area (Å²) in [6, 6.07) is 7.47. The SMILES string of the molecule is Cc1cc(C(=O)Nc2ccc(I)cc2Br)c(C)nn1. The minimum absolute atomic E-state index is 0.183. The monoisotopic (exact) mass is 431 g/mol. The van der Waals surface area contributed by atoms with Crippen molar-refractivity contribution in [1.29, 1.82) is 0 Å². The zero-order valence-electron chi connectivity index (χ0n) is 10.4. The third kappa shape index (κ3) is 3.50. The molecule has 19 heavy (non-hydrogen) atoms. The van der Waals surface area contributed by atoms with E-state index in [-0.39, 0.29) is 5.91 Å². The Morgan fingerprint density at radius 2 is 2.00 bits per heavy atom. The third-order valence-corrected chi connectivity index (χ3v) is 3.85. The summed E-state index contributed by atoms with van der Waals surface area (Å²) >= 11 is 5.65. The normalized spacial score (nSPS) is 10.3. The Morgan fingerprint density at radius 1 is 1.26 bits per heavy atom. The number of amides is 1. The molecule has 0 bridgehead atoms. The Bertz CT molecular complexity index is 646. The fraction of sp³-hybridized carbons (Fsp3) is 0.154. The molecule has 98 valence electrons. The summed E-state index contributed by atoms with van der Waals surface area (Å²) in [6.45, 7) is 3.58. The fourth-order valence-electron chi connectivity index (χ4n) is 1.56. The van der Waals surface area contributed by atoms with Crippen molar-refractivity contribution in [2.45, 2.75) is 13.8 Å². The second kappa shape index (κ2) is 5.96. The van der Waals surface area contributed by atoms with Crippen LogP contribution in [0.5, 0.6) is 0 Å². The molecule has 2 aromatic rings. The summed E-state index contributed by atoms with van der Waals surface area (Å²) in [6.07, 6.45) is 0. The van der Waals surface area contributed by atoms with Gasteiger partial charge in [0.05, 0.1) is 22.6 Å². The molecule has 1 aromatic heterocycles. The quantitative estimate of drug-likeness (QED) is 0.737. The number of aromatic nitrogens is 2. The molecule has 0 aliphatic carbocycles. The van der Waals surface area contributed by atoms with Crippen LogP contribution in [0.25, 0.3) is 0 Å². The van der Waals surface area contributed by atoms with E-state index in [0.717, 1.165) is 19.4 Å². The lowest BCUT2D eigenvalue weighted by molar-refractivity contribution is 0.102. The van der Waals surface area contributed by atoms with Gasteiger partial charge in [-0.05, 0) is 76.6 Å². The number of hydrogen-bond donors (Lipinski definition) is 1. The number of carbonyl (C=O) groups excluding carboxylic acids is 1. The molecule has 1 N–H and O–H groups in total. The molecule has 0 aliphatic heterocycles. The van der Waals surface area contributed by atoms with E-state index in [9.17, 15) is 4.79 Å². The van der Waals surface area contributed by atoms with E-state index in [1.54, 1.807) is 13.0 Å². The van der Waals surface area contributed by atoms with Gasteiger partial charge in [0, 0.05) is 8.04 Å². The van der Waals surface area contributed by atoms with Crippen LogP contribution in [0.1, 0.15) is 21.7 Å². The van der Waals surface area contributed by atoms with E-state index in [1.807, 2.05) is 25.1 Å². The Kier molecular flexibility index (Phi) is 4.51. The molecule has 0 spiro atoms. The van der Waals surface area contributed by atoms with Gasteiger partial charge in [0.1, 0.15) is 0 Å². The van der Waals surface area contributed by atoms with Crippen LogP contribution >= 0.6 is 38.5 Å². The highest BCUT2D eigenvalue weighted by Crippen LogP contribution is 2.25. The summed E-state index contributed by atoms with van der Waals surface area (Å²) in [5.74, 6) is -0.183. The van der Waals surface area contributed by atoms with Crippen molar-refractivity contribution < 1.29 is 4.79 Å². The van der Waals surface area contributed by atoms with Gasteiger partial charge in [-0.15, -0.1) is 0 Å². The molecule has 1 amide bonds. The van der Waals surface area contributed by atoms with Crippen molar-refractivity contribution >= 4 is 50.1 Å². The molecule has 0 atom stereocenters. The Hall–Kier alpha value is -1.02. The van der Waals surface area contributed by atoms with Crippen molar-refractivity contribution in [3.8, 4) is 0 Å². The lowest BCUT2D eigenvalue weighted by Crippen LogP contribution is -2.15. The van der Waals surface area contributed by atoms with Crippen LogP contribution in [0, 0.1) is 17.4 Å². The van der Waals surface area contributed by atoms with Crippen molar-refractivity contribution in [3.63, 3.8) is 0 Å². The number of nitrogens with one attached hydrogen (secondary N) is 1. The molecule has 1 aromatic carbocycles. The zero-order valence-corrected chi connectivity index (χ0v) is 14.1. The molecule has 0 saturated carbocycles. The Balaban J connectivity index is 2.28. The number of nitrogens with zero attached hydrogens (tertiary/aromatic N) is 2. The molecule has 6 heteroatoms. The van der Waals surface area contributed by atoms with Gasteiger partial charge in [-0.1, -0.05) is 0 Å². The van der Waals surface area contributed by atoms with E-state index in [4.69, 9.17) is 0 Å². The van der Waals surface area contributed by atoms with E-state index >= 15 is 0 Å². The van der Waals surface area contributed by atoms with Crippen LogP contribution < -0.4 is 5.32 Å². The lowest BCUT2D eigenvalue weighted by Gasteiger charge is -2.09. The van der Waals surface area contributed by atoms with Crippen molar-refractivity contribution in [2.24, 2.45) is 0 Å². The van der Waals surface area contributed by atoms with Gasteiger partial charge < -0.3 is 5.32 Å². The van der Waals surface area contributed by atoms with Crippen LogP contribution in [-0.4, -0.2) is 16.1 Å². The second-order valence-electron chi connectivity index (χ2n) is 4.06. The van der Waals surface area contributed by atoms with Gasteiger partial charge in [0.2, 0.25) is 0 Å². The van der Waals surface area contributed by atoms with Gasteiger partial charge in [-0.25, -0.2) is 0 Å². The number of benzene rings is 1. The van der Waals surface area contributed by atoms with Crippen LogP contribution in [0.3, 0.4) is 0 Å². The molecule has 0 radical (unpaired) electrons. The molecule has 4 nitrogen and oxygen atoms in total. The van der Waals surface area contributed by atoms with Crippen molar-refractivity contribution in [2.75, 3.05) is 5.32 Å². The third-order valence-electron chi connectivity index (χ3n) is 2.52. The first-order valence-corrected chi connectivity index (χ1v) is 7.42. The van der Waals surface area contributed by atoms with E-state index in [0.29, 0.717) is 11.3 Å². The maximum atomic E-state index is 12.2. The highest BCUT2D eigenvalue weighted by Gasteiger charge is 2.12. The number of halogens is 2. The van der Waals surface area contributed by atoms with Gasteiger partial charge in [-0.3, -0.25) is 4.79 Å². The largest absolute Gasteiger partial charge is 0.321 e. The minimum atomic E-state index is -0.183. The van der Waals surface area contributed by atoms with E-state index < -0.39 is 0 Å². The number of hydrogen-bond acceptors (Lipinski definition) is 3. The Labute approximate surface area is 133 Å². The lowest BCUT2D eigenvalue weighted by atomic mass is 10.2. The van der Waals surface area contributed by atoms with Gasteiger partial charge >= 0.3 is 0 Å². The Morgan fingerprint density at radius 3 is 2.68 bits per heavy atom. The highest BCUT2D eigenvalue weighted by molar-refractivity contribution is 14.1. The average molecular weight is 432 g/mol. The molecule has 0 saturated heterocycles. The number of carbonyl (C=O) groups is 1. The number of rotatable bonds is 2. The summed E-state index contributed by atoms with van der Waals surface area (Å²) in [4.78, 5) is 12.2. The molecule has 1 heterocycles. The molecule has 0 unspecified atom stereocenters. The summed E-state index contributed by atoms with van der Waals surface area (Å²) in [5.41, 5.74) is 2.61. The molecule has 0 aliphatic rings. The van der Waals surface area contributed by atoms with Crippen molar-refractivity contribution in [1.82, 2.24) is 10.2 Å². The molecular formula is C13H11BrIN3O. The molecular weight excluding hydrogens is 421 g/mol. The van der Waals surface area contributed by atoms with Crippen LogP contribution in [0.15, 0.2) is 28.7 Å². The topological polar surface area (TPSA) is 54.9 Å². The van der Waals surface area contributed by atoms with Gasteiger partial charge in [-0.2, -0.15) is 10.2 Å². The minimum Gasteiger partial charge on any atom is -0.321 e. The summed E-state index contributed by atoms with van der Waals surface area (Å²) < 4.78 is 1.95. The van der Waals surface area contributed by atoms with Gasteiger partial charge in [0.25, 0.3) is 5.91 Å². The van der Waals surface area contributed by atoms with E-state index in [2.05, 4.69) is 54.0 Å². The maximum absolute atomic E-state index is 12.2. The highest BCUT2D eigenvalue weighted by atomic mass is 127.